The number of piperazine rings is 1. The lowest BCUT2D eigenvalue weighted by Gasteiger charge is -2.36. The summed E-state index contributed by atoms with van der Waals surface area (Å²) in [6, 6.07) is 20.2. The Balaban J connectivity index is 1.48. The second kappa shape index (κ2) is 9.45. The van der Waals surface area contributed by atoms with E-state index in [1.807, 2.05) is 43.3 Å². The Morgan fingerprint density at radius 1 is 1.03 bits per heavy atom. The number of anilines is 1. The minimum absolute atomic E-state index is 0.0000646. The maximum absolute atomic E-state index is 12.9. The van der Waals surface area contributed by atoms with E-state index in [1.165, 1.54) is 12.1 Å². The maximum atomic E-state index is 12.9. The van der Waals surface area contributed by atoms with Gasteiger partial charge in [0.05, 0.1) is 5.56 Å². The number of aryl methyl sites for hydroxylation is 1. The number of carbonyl (C=O) groups excluding carboxylic acids is 1. The average Bonchev–Trinajstić information content (AvgIpc) is 3.31. The van der Waals surface area contributed by atoms with Crippen molar-refractivity contribution in [3.8, 4) is 17.4 Å². The zero-order valence-electron chi connectivity index (χ0n) is 18.2. The predicted molar refractivity (Wildman–Crippen MR) is 125 cm³/mol. The van der Waals surface area contributed by atoms with Crippen LogP contribution in [0.25, 0.3) is 17.4 Å². The van der Waals surface area contributed by atoms with Crippen molar-refractivity contribution in [3.05, 3.63) is 83.1 Å². The second-order valence-corrected chi connectivity index (χ2v) is 7.82. The summed E-state index contributed by atoms with van der Waals surface area (Å²) < 4.78 is 5.83. The summed E-state index contributed by atoms with van der Waals surface area (Å²) in [5.41, 5.74) is 2.78. The van der Waals surface area contributed by atoms with Crippen LogP contribution in [0.3, 0.4) is 0 Å². The first kappa shape index (κ1) is 21.9. The smallest absolute Gasteiger partial charge is 0.335 e. The van der Waals surface area contributed by atoms with Crippen molar-refractivity contribution in [2.45, 2.75) is 6.92 Å². The van der Waals surface area contributed by atoms with Crippen LogP contribution in [-0.4, -0.2) is 48.1 Å². The fourth-order valence-corrected chi connectivity index (χ4v) is 3.86. The Hall–Kier alpha value is -4.31. The van der Waals surface area contributed by atoms with Gasteiger partial charge in [-0.15, -0.1) is 0 Å². The highest BCUT2D eigenvalue weighted by atomic mass is 16.4. The molecule has 166 valence electrons. The SMILES string of the molecule is Cc1ccc(C(=O)O)cc1-c1ccc(/C=C(/C#N)C(=O)N2CCN(c3ccccc3)CC2)o1. The Morgan fingerprint density at radius 3 is 2.42 bits per heavy atom. The van der Waals surface area contributed by atoms with E-state index in [9.17, 15) is 20.0 Å². The van der Waals surface area contributed by atoms with E-state index < -0.39 is 5.97 Å². The number of carboxylic acid groups (broad SMARTS) is 1. The van der Waals surface area contributed by atoms with Crippen LogP contribution >= 0.6 is 0 Å². The van der Waals surface area contributed by atoms with Crippen LogP contribution in [0.4, 0.5) is 5.69 Å². The molecule has 33 heavy (non-hydrogen) atoms. The summed E-state index contributed by atoms with van der Waals surface area (Å²) >= 11 is 0. The van der Waals surface area contributed by atoms with Gasteiger partial charge in [0.1, 0.15) is 23.2 Å². The van der Waals surface area contributed by atoms with Gasteiger partial charge in [-0.25, -0.2) is 4.79 Å². The Labute approximate surface area is 191 Å². The van der Waals surface area contributed by atoms with Gasteiger partial charge in [0.25, 0.3) is 5.91 Å². The molecule has 7 heteroatoms. The molecule has 0 bridgehead atoms. The van der Waals surface area contributed by atoms with E-state index >= 15 is 0 Å². The molecular weight excluding hydrogens is 418 g/mol. The summed E-state index contributed by atoms with van der Waals surface area (Å²) in [5.74, 6) is -0.513. The number of nitriles is 1. The molecule has 4 rings (SSSR count). The number of furan rings is 1. The number of nitrogens with zero attached hydrogens (tertiary/aromatic N) is 3. The van der Waals surface area contributed by atoms with Crippen molar-refractivity contribution in [1.82, 2.24) is 4.90 Å². The van der Waals surface area contributed by atoms with Crippen LogP contribution in [-0.2, 0) is 4.79 Å². The zero-order chi connectivity index (χ0) is 23.4. The van der Waals surface area contributed by atoms with Gasteiger partial charge in [-0.2, -0.15) is 5.26 Å². The first-order valence-corrected chi connectivity index (χ1v) is 10.6. The number of rotatable bonds is 5. The van der Waals surface area contributed by atoms with Gasteiger partial charge in [-0.05, 0) is 48.9 Å². The quantitative estimate of drug-likeness (QED) is 0.471. The number of aromatic carboxylic acids is 1. The summed E-state index contributed by atoms with van der Waals surface area (Å²) in [6.45, 7) is 4.30. The molecule has 0 aliphatic carbocycles. The number of carboxylic acids is 1. The molecule has 1 saturated heterocycles. The van der Waals surface area contributed by atoms with Gasteiger partial charge in [-0.3, -0.25) is 4.79 Å². The standard InChI is InChI=1S/C26H23N3O4/c1-18-7-8-19(26(31)32)16-23(18)24-10-9-22(33-24)15-20(17-27)25(30)29-13-11-28(12-14-29)21-5-3-2-4-6-21/h2-10,15-16H,11-14H2,1H3,(H,31,32)/b20-15-. The Kier molecular flexibility index (Phi) is 6.27. The first-order chi connectivity index (χ1) is 16.0. The number of hydrogen-bond acceptors (Lipinski definition) is 5. The highest BCUT2D eigenvalue weighted by molar-refractivity contribution is 6.01. The van der Waals surface area contributed by atoms with Gasteiger partial charge >= 0.3 is 5.97 Å². The maximum Gasteiger partial charge on any atom is 0.335 e. The number of para-hydroxylation sites is 1. The highest BCUT2D eigenvalue weighted by Crippen LogP contribution is 2.28. The Bertz CT molecular complexity index is 1250. The van der Waals surface area contributed by atoms with Crippen LogP contribution < -0.4 is 4.90 Å². The van der Waals surface area contributed by atoms with Crippen molar-refractivity contribution in [2.24, 2.45) is 0 Å². The van der Waals surface area contributed by atoms with Crippen molar-refractivity contribution in [3.63, 3.8) is 0 Å². The fraction of sp³-hybridized carbons (Fsp3) is 0.192. The molecule has 2 heterocycles. The van der Waals surface area contributed by atoms with Crippen molar-refractivity contribution in [2.75, 3.05) is 31.1 Å². The highest BCUT2D eigenvalue weighted by Gasteiger charge is 2.24. The van der Waals surface area contributed by atoms with Gasteiger partial charge in [0.15, 0.2) is 0 Å². The molecular formula is C26H23N3O4. The summed E-state index contributed by atoms with van der Waals surface area (Å²) in [4.78, 5) is 28.1. The number of carbonyl (C=O) groups is 2. The van der Waals surface area contributed by atoms with Crippen molar-refractivity contribution in [1.29, 1.82) is 5.26 Å². The molecule has 1 N–H and O–H groups in total. The third kappa shape index (κ3) is 4.80. The zero-order valence-corrected chi connectivity index (χ0v) is 18.2. The van der Waals surface area contributed by atoms with Crippen LogP contribution in [0.15, 0.2) is 70.7 Å². The third-order valence-corrected chi connectivity index (χ3v) is 5.70. The topological polar surface area (TPSA) is 97.8 Å². The third-order valence-electron chi connectivity index (χ3n) is 5.70. The first-order valence-electron chi connectivity index (χ1n) is 10.6. The van der Waals surface area contributed by atoms with Crippen LogP contribution in [0.5, 0.6) is 0 Å². The van der Waals surface area contributed by atoms with E-state index in [0.717, 1.165) is 11.3 Å². The molecule has 0 atom stereocenters. The molecule has 0 spiro atoms. The monoisotopic (exact) mass is 441 g/mol. The van der Waals surface area contributed by atoms with E-state index in [0.29, 0.717) is 43.3 Å². The largest absolute Gasteiger partial charge is 0.478 e. The van der Waals surface area contributed by atoms with Gasteiger partial charge < -0.3 is 19.3 Å². The fourth-order valence-electron chi connectivity index (χ4n) is 3.86. The summed E-state index contributed by atoms with van der Waals surface area (Å²) in [6.07, 6.45) is 1.44. The molecule has 1 aromatic heterocycles. The summed E-state index contributed by atoms with van der Waals surface area (Å²) in [5, 5.41) is 18.8. The van der Waals surface area contributed by atoms with Crippen molar-refractivity contribution < 1.29 is 19.1 Å². The molecule has 1 aliphatic heterocycles. The molecule has 0 saturated carbocycles. The number of hydrogen-bond donors (Lipinski definition) is 1. The molecule has 1 fully saturated rings. The van der Waals surface area contributed by atoms with E-state index in [-0.39, 0.29) is 17.0 Å². The predicted octanol–water partition coefficient (Wildman–Crippen LogP) is 4.21. The lowest BCUT2D eigenvalue weighted by Crippen LogP contribution is -2.49. The van der Waals surface area contributed by atoms with Crippen molar-refractivity contribution >= 4 is 23.6 Å². The van der Waals surface area contributed by atoms with E-state index in [4.69, 9.17) is 4.42 Å². The van der Waals surface area contributed by atoms with Crippen LogP contribution in [0.2, 0.25) is 0 Å². The molecule has 2 aromatic carbocycles. The van der Waals surface area contributed by atoms with Crippen LogP contribution in [0, 0.1) is 18.3 Å². The lowest BCUT2D eigenvalue weighted by molar-refractivity contribution is -0.126. The Morgan fingerprint density at radius 2 is 1.76 bits per heavy atom. The van der Waals surface area contributed by atoms with E-state index in [1.54, 1.807) is 29.2 Å². The molecule has 0 radical (unpaired) electrons. The minimum Gasteiger partial charge on any atom is -0.478 e. The summed E-state index contributed by atoms with van der Waals surface area (Å²) in [7, 11) is 0. The molecule has 1 amide bonds. The van der Waals surface area contributed by atoms with Gasteiger partial charge in [0, 0.05) is 43.5 Å². The van der Waals surface area contributed by atoms with Gasteiger partial charge in [0.2, 0.25) is 0 Å². The molecule has 0 unspecified atom stereocenters. The normalized spacial score (nSPS) is 14.1. The van der Waals surface area contributed by atoms with Crippen LogP contribution in [0.1, 0.15) is 21.7 Å². The average molecular weight is 441 g/mol. The second-order valence-electron chi connectivity index (χ2n) is 7.82. The van der Waals surface area contributed by atoms with E-state index in [2.05, 4.69) is 4.90 Å². The molecule has 7 nitrogen and oxygen atoms in total. The molecule has 1 aliphatic rings. The minimum atomic E-state index is -1.02. The number of amides is 1. The molecule has 3 aromatic rings. The lowest BCUT2D eigenvalue weighted by atomic mass is 10.0. The van der Waals surface area contributed by atoms with Gasteiger partial charge in [-0.1, -0.05) is 24.3 Å². The number of benzene rings is 2.